The van der Waals surface area contributed by atoms with Crippen LogP contribution in [0.3, 0.4) is 0 Å². The lowest BCUT2D eigenvalue weighted by Crippen LogP contribution is -1.91. The third-order valence-corrected chi connectivity index (χ3v) is 4.31. The SMILES string of the molecule is CC(=O)c1cccc(-c2ccc3[nH]c4c(C)nccc4c3c2)c1. The molecule has 1 N–H and O–H groups in total. The highest BCUT2D eigenvalue weighted by Gasteiger charge is 2.09. The van der Waals surface area contributed by atoms with Crippen LogP contribution in [0.15, 0.2) is 54.7 Å². The summed E-state index contributed by atoms with van der Waals surface area (Å²) in [5.41, 5.74) is 6.08. The second-order valence-corrected chi connectivity index (χ2v) is 5.84. The van der Waals surface area contributed by atoms with E-state index in [9.17, 15) is 4.79 Å². The Morgan fingerprint density at radius 1 is 1.00 bits per heavy atom. The van der Waals surface area contributed by atoms with Gasteiger partial charge in [-0.25, -0.2) is 0 Å². The minimum atomic E-state index is 0.0849. The summed E-state index contributed by atoms with van der Waals surface area (Å²) in [6, 6.07) is 16.2. The normalized spacial score (nSPS) is 11.2. The number of aromatic amines is 1. The molecular formula is C20H16N2O. The van der Waals surface area contributed by atoms with E-state index in [2.05, 4.69) is 28.2 Å². The van der Waals surface area contributed by atoms with Crippen molar-refractivity contribution in [2.24, 2.45) is 0 Å². The molecule has 2 heterocycles. The van der Waals surface area contributed by atoms with Crippen LogP contribution in [-0.2, 0) is 0 Å². The molecule has 0 spiro atoms. The Labute approximate surface area is 134 Å². The number of aryl methyl sites for hydroxylation is 1. The molecule has 112 valence electrons. The maximum atomic E-state index is 11.6. The van der Waals surface area contributed by atoms with Gasteiger partial charge in [-0.3, -0.25) is 9.78 Å². The zero-order valence-corrected chi connectivity index (χ0v) is 13.1. The van der Waals surface area contributed by atoms with Crippen LogP contribution < -0.4 is 0 Å². The Bertz CT molecular complexity index is 1060. The third-order valence-electron chi connectivity index (χ3n) is 4.31. The Kier molecular flexibility index (Phi) is 3.01. The number of benzene rings is 2. The highest BCUT2D eigenvalue weighted by Crippen LogP contribution is 2.31. The predicted molar refractivity (Wildman–Crippen MR) is 93.8 cm³/mol. The number of H-pyrrole nitrogens is 1. The number of nitrogens with zero attached hydrogens (tertiary/aromatic N) is 1. The van der Waals surface area contributed by atoms with Crippen LogP contribution in [0.1, 0.15) is 23.0 Å². The van der Waals surface area contributed by atoms with Crippen LogP contribution in [0, 0.1) is 6.92 Å². The highest BCUT2D eigenvalue weighted by atomic mass is 16.1. The molecule has 3 heteroatoms. The van der Waals surface area contributed by atoms with E-state index >= 15 is 0 Å². The number of pyridine rings is 1. The van der Waals surface area contributed by atoms with E-state index in [1.54, 1.807) is 6.92 Å². The number of nitrogens with one attached hydrogen (secondary N) is 1. The summed E-state index contributed by atoms with van der Waals surface area (Å²) in [4.78, 5) is 19.4. The van der Waals surface area contributed by atoms with Crippen molar-refractivity contribution in [1.29, 1.82) is 0 Å². The van der Waals surface area contributed by atoms with Gasteiger partial charge in [0.25, 0.3) is 0 Å². The van der Waals surface area contributed by atoms with Gasteiger partial charge in [0.1, 0.15) is 0 Å². The lowest BCUT2D eigenvalue weighted by atomic mass is 10.00. The van der Waals surface area contributed by atoms with Crippen molar-refractivity contribution in [2.75, 3.05) is 0 Å². The maximum absolute atomic E-state index is 11.6. The van der Waals surface area contributed by atoms with Gasteiger partial charge >= 0.3 is 0 Å². The van der Waals surface area contributed by atoms with Gasteiger partial charge in [-0.15, -0.1) is 0 Å². The first kappa shape index (κ1) is 13.7. The monoisotopic (exact) mass is 300 g/mol. The number of hydrogen-bond acceptors (Lipinski definition) is 2. The minimum Gasteiger partial charge on any atom is -0.353 e. The molecular weight excluding hydrogens is 284 g/mol. The Balaban J connectivity index is 1.95. The Morgan fingerprint density at radius 3 is 2.65 bits per heavy atom. The fourth-order valence-electron chi connectivity index (χ4n) is 3.06. The number of fused-ring (bicyclic) bond motifs is 3. The molecule has 0 unspecified atom stereocenters. The summed E-state index contributed by atoms with van der Waals surface area (Å²) < 4.78 is 0. The molecule has 3 nitrogen and oxygen atoms in total. The Hall–Kier alpha value is -2.94. The molecule has 0 saturated carbocycles. The molecule has 0 radical (unpaired) electrons. The summed E-state index contributed by atoms with van der Waals surface area (Å²) >= 11 is 0. The van der Waals surface area contributed by atoms with Crippen molar-refractivity contribution in [2.45, 2.75) is 13.8 Å². The van der Waals surface area contributed by atoms with Crippen LogP contribution in [0.2, 0.25) is 0 Å². The standard InChI is InChI=1S/C20H16N2O/c1-12-20-17(8-9-21-12)18-11-16(6-7-19(18)22-20)15-5-3-4-14(10-15)13(2)23/h3-11,22H,1-2H3. The molecule has 2 aromatic heterocycles. The van der Waals surface area contributed by atoms with Crippen molar-refractivity contribution in [1.82, 2.24) is 9.97 Å². The predicted octanol–water partition coefficient (Wildman–Crippen LogP) is 4.89. The van der Waals surface area contributed by atoms with Crippen molar-refractivity contribution in [3.63, 3.8) is 0 Å². The maximum Gasteiger partial charge on any atom is 0.159 e. The fraction of sp³-hybridized carbons (Fsp3) is 0.100. The van der Waals surface area contributed by atoms with Gasteiger partial charge in [0.05, 0.1) is 11.2 Å². The van der Waals surface area contributed by atoms with Crippen molar-refractivity contribution in [3.05, 3.63) is 66.0 Å². The summed E-state index contributed by atoms with van der Waals surface area (Å²) in [5, 5.41) is 2.35. The number of rotatable bonds is 2. The third kappa shape index (κ3) is 2.21. The van der Waals surface area contributed by atoms with Gasteiger partial charge in [0, 0.05) is 28.0 Å². The topological polar surface area (TPSA) is 45.8 Å². The van der Waals surface area contributed by atoms with Crippen LogP contribution in [0.5, 0.6) is 0 Å². The Morgan fingerprint density at radius 2 is 1.83 bits per heavy atom. The smallest absolute Gasteiger partial charge is 0.159 e. The number of carbonyl (C=O) groups excluding carboxylic acids is 1. The van der Waals surface area contributed by atoms with Gasteiger partial charge in [0.2, 0.25) is 0 Å². The first-order valence-electron chi connectivity index (χ1n) is 7.62. The van der Waals surface area contributed by atoms with Crippen molar-refractivity contribution >= 4 is 27.6 Å². The number of ketones is 1. The second kappa shape index (κ2) is 5.06. The molecule has 0 saturated heterocycles. The molecule has 0 amide bonds. The summed E-state index contributed by atoms with van der Waals surface area (Å²) in [6.07, 6.45) is 1.84. The highest BCUT2D eigenvalue weighted by molar-refractivity contribution is 6.09. The number of carbonyl (C=O) groups is 1. The zero-order valence-electron chi connectivity index (χ0n) is 13.1. The zero-order chi connectivity index (χ0) is 16.0. The molecule has 0 atom stereocenters. The lowest BCUT2D eigenvalue weighted by molar-refractivity contribution is 0.101. The molecule has 4 rings (SSSR count). The average molecular weight is 300 g/mol. The van der Waals surface area contributed by atoms with Crippen molar-refractivity contribution in [3.8, 4) is 11.1 Å². The summed E-state index contributed by atoms with van der Waals surface area (Å²) in [5.74, 6) is 0.0849. The first-order chi connectivity index (χ1) is 11.1. The van der Waals surface area contributed by atoms with Gasteiger partial charge in [-0.2, -0.15) is 0 Å². The van der Waals surface area contributed by atoms with Gasteiger partial charge in [-0.1, -0.05) is 24.3 Å². The quantitative estimate of drug-likeness (QED) is 0.535. The van der Waals surface area contributed by atoms with E-state index < -0.39 is 0 Å². The first-order valence-corrected chi connectivity index (χ1v) is 7.62. The number of Topliss-reactive ketones (excluding diaryl/α,β-unsaturated/α-hetero) is 1. The van der Waals surface area contributed by atoms with E-state index in [1.165, 1.54) is 10.8 Å². The van der Waals surface area contributed by atoms with Crippen LogP contribution >= 0.6 is 0 Å². The van der Waals surface area contributed by atoms with Crippen molar-refractivity contribution < 1.29 is 4.79 Å². The van der Waals surface area contributed by atoms with Gasteiger partial charge in [-0.05, 0) is 49.2 Å². The lowest BCUT2D eigenvalue weighted by Gasteiger charge is -2.04. The molecule has 2 aromatic carbocycles. The summed E-state index contributed by atoms with van der Waals surface area (Å²) in [7, 11) is 0. The molecule has 0 aliphatic carbocycles. The fourth-order valence-corrected chi connectivity index (χ4v) is 3.06. The van der Waals surface area contributed by atoms with Crippen LogP contribution in [0.25, 0.3) is 32.9 Å². The molecule has 0 fully saturated rings. The molecule has 0 aliphatic rings. The summed E-state index contributed by atoms with van der Waals surface area (Å²) in [6.45, 7) is 3.60. The van der Waals surface area contributed by atoms with E-state index in [-0.39, 0.29) is 5.78 Å². The van der Waals surface area contributed by atoms with Gasteiger partial charge < -0.3 is 4.98 Å². The van der Waals surface area contributed by atoms with Crippen LogP contribution in [0.4, 0.5) is 0 Å². The largest absolute Gasteiger partial charge is 0.353 e. The molecule has 4 aromatic rings. The second-order valence-electron chi connectivity index (χ2n) is 5.84. The van der Waals surface area contributed by atoms with E-state index in [4.69, 9.17) is 0 Å². The number of aromatic nitrogens is 2. The van der Waals surface area contributed by atoms with E-state index in [0.717, 1.165) is 33.4 Å². The van der Waals surface area contributed by atoms with Crippen LogP contribution in [-0.4, -0.2) is 15.8 Å². The van der Waals surface area contributed by atoms with E-state index in [0.29, 0.717) is 0 Å². The van der Waals surface area contributed by atoms with Gasteiger partial charge in [0.15, 0.2) is 5.78 Å². The molecule has 0 bridgehead atoms. The molecule has 0 aliphatic heterocycles. The van der Waals surface area contributed by atoms with E-state index in [1.807, 2.05) is 43.5 Å². The number of hydrogen-bond donors (Lipinski definition) is 1. The molecule has 23 heavy (non-hydrogen) atoms. The average Bonchev–Trinajstić information content (AvgIpc) is 2.94. The minimum absolute atomic E-state index is 0.0849.